The van der Waals surface area contributed by atoms with Crippen LogP contribution in [0.2, 0.25) is 0 Å². The van der Waals surface area contributed by atoms with Crippen molar-refractivity contribution in [2.75, 3.05) is 0 Å². The van der Waals surface area contributed by atoms with Crippen LogP contribution >= 0.6 is 0 Å². The first-order valence-electron chi connectivity index (χ1n) is 13.6. The van der Waals surface area contributed by atoms with Crippen molar-refractivity contribution >= 4 is 11.8 Å². The minimum Gasteiger partial charge on any atom is -0.481 e. The molecule has 4 aliphatic rings. The maximum Gasteiger partial charge on any atom is 0.309 e. The lowest BCUT2D eigenvalue weighted by Crippen LogP contribution is -2.63. The molecule has 0 aromatic rings. The molecule has 35 heavy (non-hydrogen) atoms. The topological polar surface area (TPSA) is 94.8 Å². The molecule has 0 radical (unpaired) electrons. The van der Waals surface area contributed by atoms with Crippen LogP contribution in [0.1, 0.15) is 93.4 Å². The number of ketones is 1. The van der Waals surface area contributed by atoms with Crippen molar-refractivity contribution in [2.24, 2.45) is 44.8 Å². The molecule has 3 N–H and O–H groups in total. The fourth-order valence-corrected chi connectivity index (χ4v) is 9.41. The largest absolute Gasteiger partial charge is 0.481 e. The lowest BCUT2D eigenvalue weighted by atomic mass is 9.41. The number of aliphatic carboxylic acids is 1. The average Bonchev–Trinajstić information content (AvgIpc) is 2.74. The number of hydrogen-bond acceptors (Lipinski definition) is 4. The van der Waals surface area contributed by atoms with E-state index in [0.717, 1.165) is 31.3 Å². The molecule has 4 rings (SSSR count). The Morgan fingerprint density at radius 3 is 2.31 bits per heavy atom. The highest BCUT2D eigenvalue weighted by Gasteiger charge is 2.63. The van der Waals surface area contributed by atoms with E-state index in [1.54, 1.807) is 6.92 Å². The second kappa shape index (κ2) is 8.28. The molecule has 4 aliphatic carbocycles. The summed E-state index contributed by atoms with van der Waals surface area (Å²) < 4.78 is 0. The molecule has 0 unspecified atom stereocenters. The molecule has 0 aromatic carbocycles. The Hall–Kier alpha value is -1.46. The van der Waals surface area contributed by atoms with Gasteiger partial charge in [0.1, 0.15) is 5.78 Å². The summed E-state index contributed by atoms with van der Waals surface area (Å²) in [5, 5.41) is 31.6. The Morgan fingerprint density at radius 1 is 1.06 bits per heavy atom. The molecule has 5 nitrogen and oxygen atoms in total. The number of Topliss-reactive ketones (excluding diaryl/α,β-unsaturated/α-hetero) is 1. The van der Waals surface area contributed by atoms with E-state index in [2.05, 4.69) is 52.8 Å². The highest BCUT2D eigenvalue weighted by Crippen LogP contribution is 2.66. The van der Waals surface area contributed by atoms with Crippen LogP contribution in [-0.2, 0) is 9.59 Å². The van der Waals surface area contributed by atoms with Gasteiger partial charge in [0, 0.05) is 11.3 Å². The third kappa shape index (κ3) is 3.70. The quantitative estimate of drug-likeness (QED) is 0.484. The molecule has 3 fully saturated rings. The van der Waals surface area contributed by atoms with E-state index < -0.39 is 34.4 Å². The van der Waals surface area contributed by atoms with Crippen molar-refractivity contribution < 1.29 is 24.9 Å². The molecule has 0 bridgehead atoms. The Bertz CT molecular complexity index is 964. The van der Waals surface area contributed by atoms with Gasteiger partial charge >= 0.3 is 5.97 Å². The van der Waals surface area contributed by atoms with Crippen LogP contribution in [0.4, 0.5) is 0 Å². The maximum absolute atomic E-state index is 13.4. The molecule has 0 spiro atoms. The summed E-state index contributed by atoms with van der Waals surface area (Å²) in [6.07, 6.45) is 10.2. The smallest absolute Gasteiger partial charge is 0.309 e. The van der Waals surface area contributed by atoms with Crippen LogP contribution in [0.15, 0.2) is 23.8 Å². The lowest BCUT2D eigenvalue weighted by molar-refractivity contribution is -0.209. The van der Waals surface area contributed by atoms with Crippen LogP contribution in [0, 0.1) is 44.8 Å². The molecule has 0 amide bonds. The predicted molar refractivity (Wildman–Crippen MR) is 137 cm³/mol. The molecule has 0 aliphatic heterocycles. The molecule has 0 saturated heterocycles. The lowest BCUT2D eigenvalue weighted by Gasteiger charge is -2.64. The minimum atomic E-state index is -0.791. The summed E-state index contributed by atoms with van der Waals surface area (Å²) >= 11 is 0. The molecule has 0 aromatic heterocycles. The third-order valence-electron chi connectivity index (χ3n) is 11.7. The maximum atomic E-state index is 13.4. The Morgan fingerprint density at radius 2 is 1.71 bits per heavy atom. The number of fused-ring (bicyclic) bond motifs is 2. The molecular weight excluding hydrogens is 440 g/mol. The number of aliphatic hydroxyl groups is 2. The summed E-state index contributed by atoms with van der Waals surface area (Å²) in [6, 6.07) is 0. The van der Waals surface area contributed by atoms with Gasteiger partial charge in [-0.3, -0.25) is 9.59 Å². The highest BCUT2D eigenvalue weighted by atomic mass is 16.4. The van der Waals surface area contributed by atoms with Gasteiger partial charge in [-0.05, 0) is 80.5 Å². The first kappa shape index (κ1) is 26.6. The zero-order valence-corrected chi connectivity index (χ0v) is 22.7. The average molecular weight is 487 g/mol. The molecule has 5 heteroatoms. The molecule has 196 valence electrons. The first-order valence-corrected chi connectivity index (χ1v) is 13.6. The van der Waals surface area contributed by atoms with Crippen LogP contribution in [0.25, 0.3) is 0 Å². The third-order valence-corrected chi connectivity index (χ3v) is 11.7. The van der Waals surface area contributed by atoms with Crippen molar-refractivity contribution in [3.8, 4) is 0 Å². The summed E-state index contributed by atoms with van der Waals surface area (Å²) in [5.74, 6) is -0.314. The number of carbonyl (C=O) groups excluding carboxylic acids is 1. The minimum absolute atomic E-state index is 0.0446. The van der Waals surface area contributed by atoms with Crippen LogP contribution in [-0.4, -0.2) is 39.3 Å². The monoisotopic (exact) mass is 486 g/mol. The fraction of sp³-hybridized carbons (Fsp3) is 0.800. The first-order chi connectivity index (χ1) is 16.0. The van der Waals surface area contributed by atoms with Gasteiger partial charge in [0.25, 0.3) is 0 Å². The van der Waals surface area contributed by atoms with E-state index in [1.807, 2.05) is 6.92 Å². The van der Waals surface area contributed by atoms with Gasteiger partial charge in [-0.1, -0.05) is 64.8 Å². The van der Waals surface area contributed by atoms with Crippen molar-refractivity contribution in [1.29, 1.82) is 0 Å². The Balaban J connectivity index is 1.69. The van der Waals surface area contributed by atoms with E-state index in [1.165, 1.54) is 0 Å². The number of allylic oxidation sites excluding steroid dienone is 4. The zero-order chi connectivity index (χ0) is 26.2. The second-order valence-electron chi connectivity index (χ2n) is 13.9. The van der Waals surface area contributed by atoms with Gasteiger partial charge in [0.15, 0.2) is 0 Å². The number of carbonyl (C=O) groups is 2. The zero-order valence-electron chi connectivity index (χ0n) is 22.7. The van der Waals surface area contributed by atoms with Crippen molar-refractivity contribution in [1.82, 2.24) is 0 Å². The number of carboxylic acids is 1. The molecule has 9 atom stereocenters. The standard InChI is InChI=1S/C30H46O5/c1-18-29(7)17-21(32)24(33)26(3,4)22(29)11-14-30(18,19(2)31)16-20-9-10-23-27(5,15-20)12-8-13-28(23,6)25(34)35/h9-10,15,18,21-24,32-33H,8,11-14,16-17H2,1-7H3,(H,34,35)/t18-,21-,22+,23+,24+,27+,28-,29-,30+/m1/s1. The molecule has 0 heterocycles. The van der Waals surface area contributed by atoms with Gasteiger partial charge in [0.2, 0.25) is 0 Å². The molecular formula is C30H46O5. The normalized spacial score (nSPS) is 48.9. The summed E-state index contributed by atoms with van der Waals surface area (Å²) in [7, 11) is 0. The van der Waals surface area contributed by atoms with Gasteiger partial charge in [-0.2, -0.15) is 0 Å². The fourth-order valence-electron chi connectivity index (χ4n) is 9.41. The summed E-state index contributed by atoms with van der Waals surface area (Å²) in [4.78, 5) is 25.6. The van der Waals surface area contributed by atoms with Crippen molar-refractivity contribution in [3.63, 3.8) is 0 Å². The van der Waals surface area contributed by atoms with E-state index in [-0.39, 0.29) is 34.4 Å². The van der Waals surface area contributed by atoms with E-state index in [0.29, 0.717) is 19.3 Å². The SMILES string of the molecule is CC(=O)[C@]1(CC2=C[C@]3(C)CCC[C@@](C)(C(=O)O)[C@H]3C=C2)CC[C@H]2C(C)(C)[C@@H](O)[C@H](O)C[C@]2(C)[C@H]1C. The van der Waals surface area contributed by atoms with Gasteiger partial charge in [-0.25, -0.2) is 0 Å². The van der Waals surface area contributed by atoms with Crippen molar-refractivity contribution in [2.45, 2.75) is 106 Å². The van der Waals surface area contributed by atoms with E-state index in [4.69, 9.17) is 0 Å². The number of aliphatic hydroxyl groups excluding tert-OH is 2. The van der Waals surface area contributed by atoms with Crippen LogP contribution < -0.4 is 0 Å². The Kier molecular flexibility index (Phi) is 6.29. The van der Waals surface area contributed by atoms with Crippen LogP contribution in [0.5, 0.6) is 0 Å². The van der Waals surface area contributed by atoms with Gasteiger partial charge in [0.05, 0.1) is 17.6 Å². The summed E-state index contributed by atoms with van der Waals surface area (Å²) in [5.41, 5.74) is -1.08. The van der Waals surface area contributed by atoms with E-state index >= 15 is 0 Å². The number of carboxylic acid groups (broad SMARTS) is 1. The van der Waals surface area contributed by atoms with Crippen LogP contribution in [0.3, 0.4) is 0 Å². The van der Waals surface area contributed by atoms with Crippen molar-refractivity contribution in [3.05, 3.63) is 23.8 Å². The molecule has 3 saturated carbocycles. The predicted octanol–water partition coefficient (Wildman–Crippen LogP) is 5.55. The summed E-state index contributed by atoms with van der Waals surface area (Å²) in [6.45, 7) is 14.3. The Labute approximate surface area is 211 Å². The van der Waals surface area contributed by atoms with Gasteiger partial charge < -0.3 is 15.3 Å². The number of hydrogen-bond donors (Lipinski definition) is 3. The van der Waals surface area contributed by atoms with Gasteiger partial charge in [-0.15, -0.1) is 0 Å². The second-order valence-corrected chi connectivity index (χ2v) is 13.9. The van der Waals surface area contributed by atoms with E-state index in [9.17, 15) is 24.9 Å². The highest BCUT2D eigenvalue weighted by molar-refractivity contribution is 5.83. The number of rotatable bonds is 4.